The first-order valence-corrected chi connectivity index (χ1v) is 6.07. The highest BCUT2D eigenvalue weighted by atomic mass is 32.2. The number of rotatable bonds is 6. The van der Waals surface area contributed by atoms with E-state index >= 15 is 0 Å². The molecule has 6 nitrogen and oxygen atoms in total. The summed E-state index contributed by atoms with van der Waals surface area (Å²) in [5.41, 5.74) is 7.69. The zero-order chi connectivity index (χ0) is 12.0. The molecule has 0 bridgehead atoms. The van der Waals surface area contributed by atoms with E-state index in [0.29, 0.717) is 24.0 Å². The lowest BCUT2D eigenvalue weighted by molar-refractivity contribution is 0.0944. The fourth-order valence-corrected chi connectivity index (χ4v) is 1.98. The maximum Gasteiger partial charge on any atom is 0.287 e. The molecule has 0 saturated heterocycles. The van der Waals surface area contributed by atoms with Crippen molar-refractivity contribution in [3.63, 3.8) is 0 Å². The maximum atomic E-state index is 11.1. The summed E-state index contributed by atoms with van der Waals surface area (Å²) in [6, 6.07) is 1.59. The quantitative estimate of drug-likeness (QED) is 0.372. The third kappa shape index (κ3) is 3.84. The number of hydrogen-bond acceptors (Lipinski definition) is 6. The van der Waals surface area contributed by atoms with Gasteiger partial charge in [0.2, 0.25) is 0 Å². The monoisotopic (exact) mass is 244 g/mol. The van der Waals surface area contributed by atoms with Gasteiger partial charge in [-0.25, -0.2) is 5.84 Å². The van der Waals surface area contributed by atoms with Crippen molar-refractivity contribution in [3.05, 3.63) is 17.5 Å². The molecule has 1 amide bonds. The molecule has 0 aliphatic carbocycles. The molecule has 1 rings (SSSR count). The zero-order valence-corrected chi connectivity index (χ0v) is 9.92. The molecule has 1 atom stereocenters. The minimum absolute atomic E-state index is 0.199. The van der Waals surface area contributed by atoms with Gasteiger partial charge in [-0.05, 0) is 18.2 Å². The van der Waals surface area contributed by atoms with Gasteiger partial charge in [0.15, 0.2) is 5.69 Å². The minimum Gasteiger partial charge on any atom is -0.360 e. The van der Waals surface area contributed by atoms with Crippen LogP contribution in [-0.2, 0) is 5.75 Å². The van der Waals surface area contributed by atoms with E-state index in [0.717, 1.165) is 5.75 Å². The summed E-state index contributed by atoms with van der Waals surface area (Å²) in [6.45, 7) is 2.75. The molecule has 90 valence electrons. The number of nitrogen functional groups attached to an aromatic ring is 1. The van der Waals surface area contributed by atoms with Gasteiger partial charge < -0.3 is 10.3 Å². The van der Waals surface area contributed by atoms with Gasteiger partial charge in [-0.2, -0.15) is 11.8 Å². The molecule has 0 aliphatic heterocycles. The van der Waals surface area contributed by atoms with Crippen molar-refractivity contribution in [3.8, 4) is 0 Å². The fourth-order valence-electron chi connectivity index (χ4n) is 0.991. The molecule has 7 heteroatoms. The third-order valence-corrected chi connectivity index (χ3v) is 3.27. The van der Waals surface area contributed by atoms with E-state index in [1.54, 1.807) is 17.8 Å². The predicted octanol–water partition coefficient (Wildman–Crippen LogP) is 0.106. The van der Waals surface area contributed by atoms with Crippen LogP contribution in [0.2, 0.25) is 0 Å². The van der Waals surface area contributed by atoms with Crippen LogP contribution in [0.3, 0.4) is 0 Å². The molecule has 0 spiro atoms. The van der Waals surface area contributed by atoms with Crippen molar-refractivity contribution in [1.82, 2.24) is 10.6 Å². The van der Waals surface area contributed by atoms with E-state index in [1.165, 1.54) is 0 Å². The fraction of sp³-hybridized carbons (Fsp3) is 0.556. The van der Waals surface area contributed by atoms with Crippen molar-refractivity contribution in [2.75, 3.05) is 12.3 Å². The van der Waals surface area contributed by atoms with Gasteiger partial charge >= 0.3 is 0 Å². The number of hydrazine groups is 1. The second-order valence-corrected chi connectivity index (χ2v) is 4.54. The summed E-state index contributed by atoms with van der Waals surface area (Å²) in [6.07, 6.45) is 0. The Morgan fingerprint density at radius 3 is 3.12 bits per heavy atom. The lowest BCUT2D eigenvalue weighted by Gasteiger charge is -2.05. The van der Waals surface area contributed by atoms with E-state index in [9.17, 15) is 4.79 Å². The van der Waals surface area contributed by atoms with Crippen molar-refractivity contribution in [2.24, 2.45) is 17.5 Å². The highest BCUT2D eigenvalue weighted by Gasteiger charge is 2.11. The van der Waals surface area contributed by atoms with Gasteiger partial charge in [0.25, 0.3) is 5.91 Å². The van der Waals surface area contributed by atoms with Crippen LogP contribution in [-0.4, -0.2) is 23.4 Å². The van der Waals surface area contributed by atoms with Gasteiger partial charge in [-0.15, -0.1) is 0 Å². The summed E-state index contributed by atoms with van der Waals surface area (Å²) in [4.78, 5) is 11.1. The molecular weight excluding hydrogens is 228 g/mol. The van der Waals surface area contributed by atoms with Crippen LogP contribution in [0, 0.1) is 5.92 Å². The van der Waals surface area contributed by atoms with E-state index < -0.39 is 5.91 Å². The number of amides is 1. The average Bonchev–Trinajstić information content (AvgIpc) is 2.76. The van der Waals surface area contributed by atoms with Gasteiger partial charge in [0, 0.05) is 6.07 Å². The van der Waals surface area contributed by atoms with Crippen LogP contribution < -0.4 is 17.0 Å². The zero-order valence-electron chi connectivity index (χ0n) is 9.10. The van der Waals surface area contributed by atoms with Crippen LogP contribution in [0.25, 0.3) is 0 Å². The molecular formula is C9H16N4O2S. The largest absolute Gasteiger partial charge is 0.360 e. The third-order valence-electron chi connectivity index (χ3n) is 1.97. The highest BCUT2D eigenvalue weighted by Crippen LogP contribution is 2.15. The Balaban J connectivity index is 2.38. The topological polar surface area (TPSA) is 107 Å². The van der Waals surface area contributed by atoms with Crippen LogP contribution in [0.5, 0.6) is 0 Å². The van der Waals surface area contributed by atoms with Crippen LogP contribution in [0.1, 0.15) is 23.2 Å². The van der Waals surface area contributed by atoms with E-state index in [-0.39, 0.29) is 5.69 Å². The van der Waals surface area contributed by atoms with Crippen molar-refractivity contribution >= 4 is 17.7 Å². The molecule has 16 heavy (non-hydrogen) atoms. The number of carbonyl (C=O) groups is 1. The first-order valence-electron chi connectivity index (χ1n) is 4.91. The highest BCUT2D eigenvalue weighted by molar-refractivity contribution is 7.98. The Labute approximate surface area is 98.1 Å². The number of nitrogens with one attached hydrogen (secondary N) is 1. The summed E-state index contributed by atoms with van der Waals surface area (Å²) in [7, 11) is 0. The molecule has 0 radical (unpaired) electrons. The van der Waals surface area contributed by atoms with Gasteiger partial charge in [0.1, 0.15) is 5.76 Å². The second-order valence-electron chi connectivity index (χ2n) is 3.51. The summed E-state index contributed by atoms with van der Waals surface area (Å²) < 4.78 is 4.98. The summed E-state index contributed by atoms with van der Waals surface area (Å²) in [5.74, 6) is 7.28. The lowest BCUT2D eigenvalue weighted by atomic mass is 10.2. The maximum absolute atomic E-state index is 11.1. The smallest absolute Gasteiger partial charge is 0.287 e. The molecule has 0 aromatic carbocycles. The number of aromatic nitrogens is 1. The normalized spacial score (nSPS) is 12.4. The van der Waals surface area contributed by atoms with E-state index in [2.05, 4.69) is 12.1 Å². The Morgan fingerprint density at radius 1 is 1.75 bits per heavy atom. The molecule has 1 unspecified atom stereocenters. The Kier molecular flexibility index (Phi) is 5.30. The Bertz CT molecular complexity index is 342. The molecule has 1 aromatic rings. The number of thioether (sulfide) groups is 1. The number of nitrogens with two attached hydrogens (primary N) is 2. The van der Waals surface area contributed by atoms with Crippen molar-refractivity contribution < 1.29 is 9.32 Å². The van der Waals surface area contributed by atoms with Crippen LogP contribution in [0.15, 0.2) is 10.6 Å². The second kappa shape index (κ2) is 6.51. The average molecular weight is 244 g/mol. The molecule has 0 saturated carbocycles. The first kappa shape index (κ1) is 13.0. The molecule has 0 aliphatic rings. The molecule has 5 N–H and O–H groups in total. The van der Waals surface area contributed by atoms with Gasteiger partial charge in [-0.1, -0.05) is 12.1 Å². The standard InChI is InChI=1S/C9H16N4O2S/c1-6(3-10)4-16-5-7-2-8(13-15-7)9(14)12-11/h2,6H,3-5,10-11H2,1H3,(H,12,14). The Hall–Kier alpha value is -1.05. The van der Waals surface area contributed by atoms with Crippen LogP contribution >= 0.6 is 11.8 Å². The first-order chi connectivity index (χ1) is 7.67. The molecule has 1 heterocycles. The Morgan fingerprint density at radius 2 is 2.50 bits per heavy atom. The van der Waals surface area contributed by atoms with Crippen molar-refractivity contribution in [1.29, 1.82) is 0 Å². The van der Waals surface area contributed by atoms with Gasteiger partial charge in [0.05, 0.1) is 5.75 Å². The van der Waals surface area contributed by atoms with Crippen LogP contribution in [0.4, 0.5) is 0 Å². The van der Waals surface area contributed by atoms with E-state index in [4.69, 9.17) is 16.1 Å². The SMILES string of the molecule is CC(CN)CSCc1cc(C(=O)NN)no1. The molecule has 1 aromatic heterocycles. The number of carbonyl (C=O) groups excluding carboxylic acids is 1. The minimum atomic E-state index is -0.449. The lowest BCUT2D eigenvalue weighted by Crippen LogP contribution is -2.30. The molecule has 0 fully saturated rings. The number of hydrogen-bond donors (Lipinski definition) is 3. The van der Waals surface area contributed by atoms with E-state index in [1.807, 2.05) is 5.43 Å². The summed E-state index contributed by atoms with van der Waals surface area (Å²) in [5, 5.41) is 3.60. The summed E-state index contributed by atoms with van der Waals surface area (Å²) >= 11 is 1.69. The number of nitrogens with zero attached hydrogens (tertiary/aromatic N) is 1. The van der Waals surface area contributed by atoms with Gasteiger partial charge in [-0.3, -0.25) is 10.2 Å². The predicted molar refractivity (Wildman–Crippen MR) is 62.5 cm³/mol. The van der Waals surface area contributed by atoms with Crippen molar-refractivity contribution in [2.45, 2.75) is 12.7 Å².